The molecule has 1 heterocycles. The Morgan fingerprint density at radius 3 is 2.93 bits per heavy atom. The number of nitrogens with zero attached hydrogens (tertiary/aromatic N) is 1. The van der Waals surface area contributed by atoms with Crippen LogP contribution < -0.4 is 4.74 Å². The lowest BCUT2D eigenvalue weighted by Crippen LogP contribution is -2.02. The number of benzene rings is 1. The van der Waals surface area contributed by atoms with Gasteiger partial charge < -0.3 is 19.8 Å². The van der Waals surface area contributed by atoms with E-state index in [0.29, 0.717) is 11.3 Å². The summed E-state index contributed by atoms with van der Waals surface area (Å²) < 4.78 is 5.15. The molecule has 5 heteroatoms. The molecule has 1 aliphatic heterocycles. The highest BCUT2D eigenvalue weighted by Crippen LogP contribution is 2.41. The monoisotopic (exact) mass is 195 g/mol. The SMILES string of the molecule is CON=C1COc2c1ccc(O)c2O. The van der Waals surface area contributed by atoms with Crippen LogP contribution >= 0.6 is 0 Å². The molecule has 0 amide bonds. The third-order valence-electron chi connectivity index (χ3n) is 1.98. The van der Waals surface area contributed by atoms with Gasteiger partial charge in [0.05, 0.1) is 0 Å². The molecule has 1 aromatic carbocycles. The predicted molar refractivity (Wildman–Crippen MR) is 48.8 cm³/mol. The first kappa shape index (κ1) is 8.68. The fourth-order valence-electron chi connectivity index (χ4n) is 1.34. The Kier molecular flexibility index (Phi) is 1.92. The molecule has 0 unspecified atom stereocenters. The van der Waals surface area contributed by atoms with Crippen LogP contribution in [0.4, 0.5) is 0 Å². The molecule has 0 atom stereocenters. The standard InChI is InChI=1S/C9H9NO4/c1-13-10-6-4-14-9-5(6)2-3-7(11)8(9)12/h2-3,11-12H,4H2,1H3. The Morgan fingerprint density at radius 1 is 1.43 bits per heavy atom. The number of hydrogen-bond donors (Lipinski definition) is 2. The van der Waals surface area contributed by atoms with Gasteiger partial charge in [0.2, 0.25) is 5.75 Å². The Balaban J connectivity index is 2.53. The normalized spacial score (nSPS) is 16.5. The number of ether oxygens (including phenoxy) is 1. The smallest absolute Gasteiger partial charge is 0.201 e. The van der Waals surface area contributed by atoms with Crippen molar-refractivity contribution in [2.45, 2.75) is 0 Å². The first-order chi connectivity index (χ1) is 6.74. The lowest BCUT2D eigenvalue weighted by atomic mass is 10.1. The van der Waals surface area contributed by atoms with E-state index in [1.54, 1.807) is 6.07 Å². The highest BCUT2D eigenvalue weighted by molar-refractivity contribution is 6.06. The Bertz CT molecular complexity index is 400. The van der Waals surface area contributed by atoms with Crippen LogP contribution in [-0.2, 0) is 4.84 Å². The zero-order valence-electron chi connectivity index (χ0n) is 7.52. The van der Waals surface area contributed by atoms with Gasteiger partial charge in [-0.25, -0.2) is 0 Å². The first-order valence-electron chi connectivity index (χ1n) is 4.02. The van der Waals surface area contributed by atoms with Gasteiger partial charge in [0.1, 0.15) is 19.4 Å². The molecule has 0 saturated carbocycles. The van der Waals surface area contributed by atoms with Crippen molar-refractivity contribution in [3.8, 4) is 17.2 Å². The number of phenols is 2. The van der Waals surface area contributed by atoms with Gasteiger partial charge in [-0.2, -0.15) is 0 Å². The molecule has 2 N–H and O–H groups in total. The molecule has 0 aliphatic carbocycles. The molecule has 74 valence electrons. The second kappa shape index (κ2) is 3.10. The summed E-state index contributed by atoms with van der Waals surface area (Å²) >= 11 is 0. The van der Waals surface area contributed by atoms with Crippen molar-refractivity contribution in [2.24, 2.45) is 5.16 Å². The number of oxime groups is 1. The molecular weight excluding hydrogens is 186 g/mol. The molecular formula is C9H9NO4. The van der Waals surface area contributed by atoms with Crippen molar-refractivity contribution in [1.82, 2.24) is 0 Å². The van der Waals surface area contributed by atoms with Gasteiger partial charge in [0, 0.05) is 5.56 Å². The van der Waals surface area contributed by atoms with Gasteiger partial charge in [-0.3, -0.25) is 0 Å². The Hall–Kier alpha value is -1.91. The van der Waals surface area contributed by atoms with E-state index < -0.39 is 0 Å². The summed E-state index contributed by atoms with van der Waals surface area (Å²) in [6.45, 7) is 0.236. The summed E-state index contributed by atoms with van der Waals surface area (Å²) in [6, 6.07) is 3.00. The van der Waals surface area contributed by atoms with Crippen LogP contribution in [0.5, 0.6) is 17.2 Å². The summed E-state index contributed by atoms with van der Waals surface area (Å²) in [5.74, 6) is -0.216. The van der Waals surface area contributed by atoms with Crippen LogP contribution in [0.2, 0.25) is 0 Å². The van der Waals surface area contributed by atoms with Crippen LogP contribution in [0.15, 0.2) is 17.3 Å². The summed E-state index contributed by atoms with van der Waals surface area (Å²) in [7, 11) is 1.44. The number of aromatic hydroxyl groups is 2. The van der Waals surface area contributed by atoms with E-state index in [-0.39, 0.29) is 23.9 Å². The van der Waals surface area contributed by atoms with E-state index in [2.05, 4.69) is 9.99 Å². The topological polar surface area (TPSA) is 71.3 Å². The average Bonchev–Trinajstić information content (AvgIpc) is 2.57. The van der Waals surface area contributed by atoms with E-state index in [4.69, 9.17) is 4.74 Å². The summed E-state index contributed by atoms with van der Waals surface area (Å²) in [5, 5.41) is 22.4. The maximum absolute atomic E-state index is 9.43. The molecule has 1 aliphatic rings. The number of rotatable bonds is 1. The molecule has 0 aromatic heterocycles. The summed E-state index contributed by atoms with van der Waals surface area (Å²) in [4.78, 5) is 4.62. The largest absolute Gasteiger partial charge is 0.504 e. The van der Waals surface area contributed by atoms with Crippen molar-refractivity contribution in [1.29, 1.82) is 0 Å². The number of fused-ring (bicyclic) bond motifs is 1. The molecule has 2 rings (SSSR count). The minimum atomic E-state index is -0.260. The van der Waals surface area contributed by atoms with Gasteiger partial charge in [-0.1, -0.05) is 5.16 Å². The van der Waals surface area contributed by atoms with Crippen LogP contribution in [0.1, 0.15) is 5.56 Å². The Morgan fingerprint density at radius 2 is 2.21 bits per heavy atom. The maximum Gasteiger partial charge on any atom is 0.201 e. The molecule has 0 saturated heterocycles. The zero-order chi connectivity index (χ0) is 10.1. The second-order valence-electron chi connectivity index (χ2n) is 2.82. The highest BCUT2D eigenvalue weighted by atomic mass is 16.6. The average molecular weight is 195 g/mol. The van der Waals surface area contributed by atoms with Gasteiger partial charge in [-0.05, 0) is 12.1 Å². The van der Waals surface area contributed by atoms with Gasteiger partial charge in [0.25, 0.3) is 0 Å². The Labute approximate surface area is 80.2 Å². The van der Waals surface area contributed by atoms with Crippen molar-refractivity contribution in [3.63, 3.8) is 0 Å². The highest BCUT2D eigenvalue weighted by Gasteiger charge is 2.24. The third-order valence-corrected chi connectivity index (χ3v) is 1.98. The van der Waals surface area contributed by atoms with Crippen LogP contribution in [0.3, 0.4) is 0 Å². The summed E-state index contributed by atoms with van der Waals surface area (Å²) in [6.07, 6.45) is 0. The predicted octanol–water partition coefficient (Wildman–Crippen LogP) is 0.841. The zero-order valence-corrected chi connectivity index (χ0v) is 7.52. The lowest BCUT2D eigenvalue weighted by Gasteiger charge is -2.02. The van der Waals surface area contributed by atoms with Gasteiger partial charge >= 0.3 is 0 Å². The molecule has 0 fully saturated rings. The minimum Gasteiger partial charge on any atom is -0.504 e. The van der Waals surface area contributed by atoms with E-state index in [9.17, 15) is 10.2 Å². The van der Waals surface area contributed by atoms with Crippen LogP contribution in [0, 0.1) is 0 Å². The second-order valence-corrected chi connectivity index (χ2v) is 2.82. The van der Waals surface area contributed by atoms with E-state index >= 15 is 0 Å². The van der Waals surface area contributed by atoms with E-state index in [0.717, 1.165) is 0 Å². The lowest BCUT2D eigenvalue weighted by molar-refractivity contribution is 0.211. The van der Waals surface area contributed by atoms with Gasteiger partial charge in [0.15, 0.2) is 11.5 Å². The molecule has 14 heavy (non-hydrogen) atoms. The molecule has 1 aromatic rings. The van der Waals surface area contributed by atoms with Crippen LogP contribution in [0.25, 0.3) is 0 Å². The minimum absolute atomic E-state index is 0.206. The van der Waals surface area contributed by atoms with Crippen molar-refractivity contribution >= 4 is 5.71 Å². The molecule has 0 spiro atoms. The maximum atomic E-state index is 9.43. The molecule has 0 bridgehead atoms. The van der Waals surface area contributed by atoms with Crippen LogP contribution in [-0.4, -0.2) is 29.6 Å². The van der Waals surface area contributed by atoms with Crippen molar-refractivity contribution in [3.05, 3.63) is 17.7 Å². The number of hydrogen-bond acceptors (Lipinski definition) is 5. The molecule has 0 radical (unpaired) electrons. The quantitative estimate of drug-likeness (QED) is 0.514. The summed E-state index contributed by atoms with van der Waals surface area (Å²) in [5.41, 5.74) is 1.24. The first-order valence-corrected chi connectivity index (χ1v) is 4.02. The van der Waals surface area contributed by atoms with Crippen molar-refractivity contribution in [2.75, 3.05) is 13.7 Å². The number of phenolic OH excluding ortho intramolecular Hbond substituents is 2. The van der Waals surface area contributed by atoms with E-state index in [1.807, 2.05) is 0 Å². The van der Waals surface area contributed by atoms with Gasteiger partial charge in [-0.15, -0.1) is 0 Å². The van der Waals surface area contributed by atoms with E-state index in [1.165, 1.54) is 13.2 Å². The fraction of sp³-hybridized carbons (Fsp3) is 0.222. The molecule has 5 nitrogen and oxygen atoms in total. The van der Waals surface area contributed by atoms with Crippen molar-refractivity contribution < 1.29 is 19.8 Å². The fourth-order valence-corrected chi connectivity index (χ4v) is 1.34. The third kappa shape index (κ3) is 1.14.